The van der Waals surface area contributed by atoms with Crippen molar-refractivity contribution in [3.63, 3.8) is 0 Å². The van der Waals surface area contributed by atoms with E-state index in [0.717, 1.165) is 46.0 Å². The zero-order chi connectivity index (χ0) is 23.8. The molecule has 0 saturated heterocycles. The van der Waals surface area contributed by atoms with Crippen LogP contribution in [-0.4, -0.2) is 22.5 Å². The lowest BCUT2D eigenvalue weighted by Gasteiger charge is -2.31. The van der Waals surface area contributed by atoms with Crippen molar-refractivity contribution in [1.82, 2.24) is 15.6 Å². The number of rotatable bonds is 7. The second-order valence-electron chi connectivity index (χ2n) is 9.82. The Balaban J connectivity index is 1.25. The molecule has 6 rings (SSSR count). The van der Waals surface area contributed by atoms with Crippen molar-refractivity contribution < 1.29 is 9.21 Å². The first-order chi connectivity index (χ1) is 17.1. The fourth-order valence-electron chi connectivity index (χ4n) is 5.29. The van der Waals surface area contributed by atoms with Crippen molar-refractivity contribution in [3.05, 3.63) is 108 Å². The smallest absolute Gasteiger partial charge is 0.240 e. The Hall–Kier alpha value is -3.83. The van der Waals surface area contributed by atoms with Gasteiger partial charge in [0.1, 0.15) is 11.3 Å². The summed E-state index contributed by atoms with van der Waals surface area (Å²) >= 11 is 0. The van der Waals surface area contributed by atoms with Crippen LogP contribution in [0.15, 0.2) is 89.5 Å². The molecule has 0 bridgehead atoms. The molecule has 35 heavy (non-hydrogen) atoms. The second kappa shape index (κ2) is 8.75. The fourth-order valence-corrected chi connectivity index (χ4v) is 5.29. The number of carbonyl (C=O) groups is 1. The minimum Gasteiger partial charge on any atom is -0.460 e. The number of para-hydroxylation sites is 2. The van der Waals surface area contributed by atoms with Gasteiger partial charge in [-0.05, 0) is 54.7 Å². The quantitative estimate of drug-likeness (QED) is 0.307. The molecule has 0 fully saturated rings. The molecule has 3 aromatic carbocycles. The number of carbonyl (C=O) groups excluding carboxylic acids is 1. The van der Waals surface area contributed by atoms with Gasteiger partial charge in [0.2, 0.25) is 5.91 Å². The molecule has 2 heterocycles. The zero-order valence-electron chi connectivity index (χ0n) is 19.8. The van der Waals surface area contributed by atoms with E-state index < -0.39 is 5.54 Å². The number of aromatic amines is 1. The Labute approximate surface area is 204 Å². The molecule has 1 unspecified atom stereocenters. The van der Waals surface area contributed by atoms with Crippen LogP contribution in [0.5, 0.6) is 0 Å². The third kappa shape index (κ3) is 4.24. The number of hydrogen-bond acceptors (Lipinski definition) is 3. The molecule has 3 N–H and O–H groups in total. The Kier molecular flexibility index (Phi) is 5.42. The number of amides is 1. The average molecular weight is 464 g/mol. The number of fused-ring (bicyclic) bond motifs is 3. The van der Waals surface area contributed by atoms with Gasteiger partial charge in [-0.25, -0.2) is 0 Å². The number of aromatic nitrogens is 1. The first-order valence-electron chi connectivity index (χ1n) is 12.2. The molecule has 0 spiro atoms. The predicted octanol–water partition coefficient (Wildman–Crippen LogP) is 5.29. The Morgan fingerprint density at radius 1 is 1.00 bits per heavy atom. The van der Waals surface area contributed by atoms with Gasteiger partial charge in [-0.1, -0.05) is 60.7 Å². The molecule has 0 saturated carbocycles. The maximum Gasteiger partial charge on any atom is 0.240 e. The summed E-state index contributed by atoms with van der Waals surface area (Å²) in [5, 5.41) is 9.11. The first kappa shape index (κ1) is 21.7. The standard InChI is InChI=1S/C30H29N3O2/c1-30(17-23-18-31-27-12-6-5-11-26(23)27,32-19-25-16-22-10-4-7-13-28(22)35-25)29(34)33-24-14-20-8-2-3-9-21(20)15-24/h2-13,16,18,24,31-32H,14-15,17,19H2,1H3,(H,33,34). The number of H-pyrrole nitrogens is 1. The maximum atomic E-state index is 13.8. The van der Waals surface area contributed by atoms with Crippen LogP contribution in [0.4, 0.5) is 0 Å². The summed E-state index contributed by atoms with van der Waals surface area (Å²) in [5.74, 6) is 0.828. The Morgan fingerprint density at radius 2 is 1.71 bits per heavy atom. The molecule has 5 nitrogen and oxygen atoms in total. The predicted molar refractivity (Wildman–Crippen MR) is 139 cm³/mol. The van der Waals surface area contributed by atoms with E-state index in [9.17, 15) is 4.79 Å². The van der Waals surface area contributed by atoms with Crippen LogP contribution in [-0.2, 0) is 30.6 Å². The van der Waals surface area contributed by atoms with Crippen LogP contribution in [0.25, 0.3) is 21.9 Å². The molecule has 2 aromatic heterocycles. The van der Waals surface area contributed by atoms with Gasteiger partial charge in [0.05, 0.1) is 12.1 Å². The number of nitrogens with one attached hydrogen (secondary N) is 3. The van der Waals surface area contributed by atoms with Gasteiger partial charge in [-0.2, -0.15) is 0 Å². The highest BCUT2D eigenvalue weighted by Crippen LogP contribution is 2.26. The number of hydrogen-bond donors (Lipinski definition) is 3. The van der Waals surface area contributed by atoms with Crippen LogP contribution < -0.4 is 10.6 Å². The van der Waals surface area contributed by atoms with E-state index in [1.165, 1.54) is 11.1 Å². The molecule has 5 aromatic rings. The molecule has 1 aliphatic carbocycles. The summed E-state index contributed by atoms with van der Waals surface area (Å²) in [6.45, 7) is 2.46. The molecular formula is C30H29N3O2. The molecule has 0 aliphatic heterocycles. The summed E-state index contributed by atoms with van der Waals surface area (Å²) < 4.78 is 6.02. The third-order valence-electron chi connectivity index (χ3n) is 7.24. The van der Waals surface area contributed by atoms with E-state index in [-0.39, 0.29) is 11.9 Å². The van der Waals surface area contributed by atoms with Crippen molar-refractivity contribution in [2.75, 3.05) is 0 Å². The molecule has 176 valence electrons. The average Bonchev–Trinajstić information content (AvgIpc) is 3.59. The van der Waals surface area contributed by atoms with Crippen LogP contribution in [0, 0.1) is 0 Å². The van der Waals surface area contributed by atoms with Gasteiger partial charge in [-0.15, -0.1) is 0 Å². The highest BCUT2D eigenvalue weighted by molar-refractivity contribution is 5.89. The largest absolute Gasteiger partial charge is 0.460 e. The van der Waals surface area contributed by atoms with Crippen molar-refractivity contribution in [2.45, 2.75) is 44.3 Å². The zero-order valence-corrected chi connectivity index (χ0v) is 19.8. The van der Waals surface area contributed by atoms with Gasteiger partial charge < -0.3 is 14.7 Å². The van der Waals surface area contributed by atoms with Crippen LogP contribution in [0.2, 0.25) is 0 Å². The van der Waals surface area contributed by atoms with Crippen molar-refractivity contribution in [1.29, 1.82) is 0 Å². The lowest BCUT2D eigenvalue weighted by atomic mass is 9.90. The molecule has 1 aliphatic rings. The summed E-state index contributed by atoms with van der Waals surface area (Å²) in [4.78, 5) is 17.2. The fraction of sp³-hybridized carbons (Fsp3) is 0.233. The molecule has 1 atom stereocenters. The highest BCUT2D eigenvalue weighted by Gasteiger charge is 2.36. The van der Waals surface area contributed by atoms with E-state index >= 15 is 0 Å². The summed E-state index contributed by atoms with van der Waals surface area (Å²) in [5.41, 5.74) is 4.88. The lowest BCUT2D eigenvalue weighted by Crippen LogP contribution is -2.58. The monoisotopic (exact) mass is 463 g/mol. The van der Waals surface area contributed by atoms with Gasteiger partial charge in [0.15, 0.2) is 0 Å². The summed E-state index contributed by atoms with van der Waals surface area (Å²) in [6.07, 6.45) is 4.32. The third-order valence-corrected chi connectivity index (χ3v) is 7.24. The molecule has 5 heteroatoms. The van der Waals surface area contributed by atoms with Crippen LogP contribution in [0.1, 0.15) is 29.4 Å². The van der Waals surface area contributed by atoms with Gasteiger partial charge in [-0.3, -0.25) is 10.1 Å². The maximum absolute atomic E-state index is 13.8. The van der Waals surface area contributed by atoms with Gasteiger partial charge >= 0.3 is 0 Å². The van der Waals surface area contributed by atoms with E-state index in [2.05, 4.69) is 52.0 Å². The van der Waals surface area contributed by atoms with Crippen LogP contribution in [0.3, 0.4) is 0 Å². The summed E-state index contributed by atoms with van der Waals surface area (Å²) in [6, 6.07) is 26.8. The normalized spacial score (nSPS) is 15.3. The summed E-state index contributed by atoms with van der Waals surface area (Å²) in [7, 11) is 0. The molecule has 0 radical (unpaired) electrons. The van der Waals surface area contributed by atoms with Crippen molar-refractivity contribution in [2.24, 2.45) is 0 Å². The highest BCUT2D eigenvalue weighted by atomic mass is 16.3. The van der Waals surface area contributed by atoms with Gasteiger partial charge in [0, 0.05) is 34.9 Å². The minimum atomic E-state index is -0.821. The van der Waals surface area contributed by atoms with E-state index in [1.54, 1.807) is 0 Å². The SMILES string of the molecule is CC(Cc1c[nH]c2ccccc12)(NCc1cc2ccccc2o1)C(=O)NC1Cc2ccccc2C1. The van der Waals surface area contributed by atoms with Crippen molar-refractivity contribution in [3.8, 4) is 0 Å². The first-order valence-corrected chi connectivity index (χ1v) is 12.2. The lowest BCUT2D eigenvalue weighted by molar-refractivity contribution is -0.127. The second-order valence-corrected chi connectivity index (χ2v) is 9.82. The van der Waals surface area contributed by atoms with E-state index in [1.807, 2.05) is 55.6 Å². The Bertz CT molecular complexity index is 1460. The molecular weight excluding hydrogens is 434 g/mol. The number of benzene rings is 3. The topological polar surface area (TPSA) is 70.1 Å². The Morgan fingerprint density at radius 3 is 2.51 bits per heavy atom. The number of furan rings is 1. The minimum absolute atomic E-state index is 0.0108. The van der Waals surface area contributed by atoms with Crippen molar-refractivity contribution >= 4 is 27.8 Å². The van der Waals surface area contributed by atoms with E-state index in [0.29, 0.717) is 13.0 Å². The van der Waals surface area contributed by atoms with Gasteiger partial charge in [0.25, 0.3) is 0 Å². The van der Waals surface area contributed by atoms with Crippen LogP contribution >= 0.6 is 0 Å². The molecule has 1 amide bonds. The van der Waals surface area contributed by atoms with E-state index in [4.69, 9.17) is 4.42 Å².